The summed E-state index contributed by atoms with van der Waals surface area (Å²) >= 11 is 0. The van der Waals surface area contributed by atoms with Crippen LogP contribution in [0.1, 0.15) is 66.2 Å². The summed E-state index contributed by atoms with van der Waals surface area (Å²) in [6.45, 7) is 8.22. The van der Waals surface area contributed by atoms with Gasteiger partial charge in [0.25, 0.3) is 0 Å². The number of carbonyl (C=O) groups excluding carboxylic acids is 3. The maximum Gasteiger partial charge on any atom is 0.306 e. The molecule has 28 heavy (non-hydrogen) atoms. The molecule has 1 saturated carbocycles. The average Bonchev–Trinajstić information content (AvgIpc) is 2.61. The van der Waals surface area contributed by atoms with Gasteiger partial charge in [-0.05, 0) is 61.3 Å². The number of anilines is 2. The van der Waals surface area contributed by atoms with Crippen LogP contribution in [0.15, 0.2) is 24.3 Å². The number of hydrogen-bond acceptors (Lipinski definition) is 4. The van der Waals surface area contributed by atoms with Gasteiger partial charge in [-0.15, -0.1) is 0 Å². The Morgan fingerprint density at radius 1 is 0.929 bits per heavy atom. The minimum atomic E-state index is -0.310. The molecule has 0 bridgehead atoms. The van der Waals surface area contributed by atoms with Gasteiger partial charge in [0, 0.05) is 24.7 Å². The Bertz CT molecular complexity index is 683. The Hall–Kier alpha value is -2.37. The van der Waals surface area contributed by atoms with E-state index in [2.05, 4.69) is 31.4 Å². The number of ether oxygens (including phenoxy) is 1. The smallest absolute Gasteiger partial charge is 0.306 e. The molecule has 0 aromatic heterocycles. The van der Waals surface area contributed by atoms with Crippen molar-refractivity contribution < 1.29 is 19.1 Å². The van der Waals surface area contributed by atoms with Gasteiger partial charge < -0.3 is 15.4 Å². The van der Waals surface area contributed by atoms with E-state index in [1.807, 2.05) is 0 Å². The van der Waals surface area contributed by atoms with E-state index < -0.39 is 0 Å². The van der Waals surface area contributed by atoms with Crippen LogP contribution in [-0.4, -0.2) is 23.9 Å². The largest absolute Gasteiger partial charge is 0.462 e. The van der Waals surface area contributed by atoms with Crippen LogP contribution in [-0.2, 0) is 19.1 Å². The van der Waals surface area contributed by atoms with Crippen molar-refractivity contribution in [3.8, 4) is 0 Å². The first-order chi connectivity index (χ1) is 13.1. The first kappa shape index (κ1) is 21.9. The second-order valence-electron chi connectivity index (χ2n) is 8.64. The predicted molar refractivity (Wildman–Crippen MR) is 110 cm³/mol. The first-order valence-corrected chi connectivity index (χ1v) is 10.0. The molecule has 0 radical (unpaired) electrons. The fourth-order valence-corrected chi connectivity index (χ4v) is 3.57. The quantitative estimate of drug-likeness (QED) is 0.702. The normalized spacial score (nSPS) is 19.6. The van der Waals surface area contributed by atoms with Gasteiger partial charge in [0.2, 0.25) is 11.8 Å². The van der Waals surface area contributed by atoms with Crippen LogP contribution in [0.4, 0.5) is 11.4 Å². The third-order valence-electron chi connectivity index (χ3n) is 5.24. The van der Waals surface area contributed by atoms with Crippen LogP contribution in [0.5, 0.6) is 0 Å². The van der Waals surface area contributed by atoms with Gasteiger partial charge in [-0.2, -0.15) is 0 Å². The fraction of sp³-hybridized carbons (Fsp3) is 0.591. The van der Waals surface area contributed by atoms with Gasteiger partial charge >= 0.3 is 5.97 Å². The summed E-state index contributed by atoms with van der Waals surface area (Å²) < 4.78 is 5.55. The lowest BCUT2D eigenvalue weighted by molar-refractivity contribution is -0.152. The van der Waals surface area contributed by atoms with Gasteiger partial charge in [0.15, 0.2) is 0 Å². The average molecular weight is 389 g/mol. The van der Waals surface area contributed by atoms with Crippen molar-refractivity contribution in [2.24, 2.45) is 11.3 Å². The molecule has 0 saturated heterocycles. The molecular formula is C22H32N2O4. The number of hydrogen-bond donors (Lipinski definition) is 2. The van der Waals surface area contributed by atoms with Crippen LogP contribution < -0.4 is 10.6 Å². The number of benzene rings is 1. The third-order valence-corrected chi connectivity index (χ3v) is 5.24. The summed E-state index contributed by atoms with van der Waals surface area (Å²) in [7, 11) is 0. The van der Waals surface area contributed by atoms with E-state index in [4.69, 9.17) is 4.74 Å². The molecule has 0 aliphatic heterocycles. The first-order valence-electron chi connectivity index (χ1n) is 10.0. The van der Waals surface area contributed by atoms with Crippen molar-refractivity contribution in [2.75, 3.05) is 10.6 Å². The van der Waals surface area contributed by atoms with Gasteiger partial charge in [-0.3, -0.25) is 14.4 Å². The standard InChI is InChI=1S/C22H32N2O4/c1-15(25)23-17-7-9-18(10-8-17)24-20(26)13-14-21(27)28-19-11-5-16(6-12-19)22(2,3)4/h7-10,16,19H,5-6,11-14H2,1-4H3,(H,23,25)(H,24,26). The van der Waals surface area contributed by atoms with Crippen LogP contribution in [0.25, 0.3) is 0 Å². The predicted octanol–water partition coefficient (Wildman–Crippen LogP) is 4.51. The van der Waals surface area contributed by atoms with Gasteiger partial charge in [0.05, 0.1) is 6.42 Å². The molecule has 1 aliphatic rings. The van der Waals surface area contributed by atoms with Crippen molar-refractivity contribution in [1.82, 2.24) is 0 Å². The number of rotatable bonds is 6. The molecule has 0 atom stereocenters. The van der Waals surface area contributed by atoms with E-state index in [0.29, 0.717) is 22.7 Å². The second kappa shape index (κ2) is 9.71. The number of esters is 1. The fourth-order valence-electron chi connectivity index (χ4n) is 3.57. The molecular weight excluding hydrogens is 356 g/mol. The minimum absolute atomic E-state index is 0.0181. The zero-order valence-corrected chi connectivity index (χ0v) is 17.3. The Morgan fingerprint density at radius 2 is 1.46 bits per heavy atom. The minimum Gasteiger partial charge on any atom is -0.462 e. The molecule has 1 aliphatic carbocycles. The van der Waals surface area contributed by atoms with E-state index in [1.54, 1.807) is 24.3 Å². The number of carbonyl (C=O) groups is 3. The molecule has 2 rings (SSSR count). The highest BCUT2D eigenvalue weighted by atomic mass is 16.5. The Kier molecular flexibility index (Phi) is 7.61. The molecule has 1 aromatic carbocycles. The molecule has 0 unspecified atom stereocenters. The summed E-state index contributed by atoms with van der Waals surface area (Å²) in [4.78, 5) is 35.1. The molecule has 154 valence electrons. The lowest BCUT2D eigenvalue weighted by Crippen LogP contribution is -2.30. The Labute approximate surface area is 167 Å². The molecule has 0 spiro atoms. The zero-order valence-electron chi connectivity index (χ0n) is 17.3. The molecule has 1 fully saturated rings. The highest BCUT2D eigenvalue weighted by Crippen LogP contribution is 2.38. The van der Waals surface area contributed by atoms with E-state index in [0.717, 1.165) is 25.7 Å². The molecule has 0 heterocycles. The van der Waals surface area contributed by atoms with Crippen molar-refractivity contribution >= 4 is 29.2 Å². The lowest BCUT2D eigenvalue weighted by Gasteiger charge is -2.36. The van der Waals surface area contributed by atoms with Crippen molar-refractivity contribution in [1.29, 1.82) is 0 Å². The molecule has 1 aromatic rings. The number of nitrogens with one attached hydrogen (secondary N) is 2. The highest BCUT2D eigenvalue weighted by Gasteiger charge is 2.31. The van der Waals surface area contributed by atoms with Crippen LogP contribution in [0.2, 0.25) is 0 Å². The topological polar surface area (TPSA) is 84.5 Å². The SMILES string of the molecule is CC(=O)Nc1ccc(NC(=O)CCC(=O)OC2CCC(C(C)(C)C)CC2)cc1. The van der Waals surface area contributed by atoms with Crippen LogP contribution in [0.3, 0.4) is 0 Å². The summed E-state index contributed by atoms with van der Waals surface area (Å²) in [5, 5.41) is 5.41. The van der Waals surface area contributed by atoms with Crippen LogP contribution >= 0.6 is 0 Å². The summed E-state index contributed by atoms with van der Waals surface area (Å²) in [5.41, 5.74) is 1.58. The Balaban J connectivity index is 1.68. The van der Waals surface area contributed by atoms with E-state index in [-0.39, 0.29) is 36.7 Å². The molecule has 6 nitrogen and oxygen atoms in total. The van der Waals surface area contributed by atoms with Crippen LogP contribution in [0, 0.1) is 11.3 Å². The summed E-state index contributed by atoms with van der Waals surface area (Å²) in [5.74, 6) is -0.0245. The molecule has 2 amide bonds. The lowest BCUT2D eigenvalue weighted by atomic mass is 9.72. The summed E-state index contributed by atoms with van der Waals surface area (Å²) in [6.07, 6.45) is 4.11. The van der Waals surface area contributed by atoms with E-state index in [1.165, 1.54) is 6.92 Å². The van der Waals surface area contributed by atoms with Crippen molar-refractivity contribution in [3.63, 3.8) is 0 Å². The second-order valence-corrected chi connectivity index (χ2v) is 8.64. The third kappa shape index (κ3) is 7.33. The highest BCUT2D eigenvalue weighted by molar-refractivity contribution is 5.93. The summed E-state index contributed by atoms with van der Waals surface area (Å²) in [6, 6.07) is 6.82. The maximum atomic E-state index is 12.1. The van der Waals surface area contributed by atoms with E-state index >= 15 is 0 Å². The van der Waals surface area contributed by atoms with Gasteiger partial charge in [-0.25, -0.2) is 0 Å². The Morgan fingerprint density at radius 3 is 1.96 bits per heavy atom. The van der Waals surface area contributed by atoms with Crippen molar-refractivity contribution in [2.45, 2.75) is 72.3 Å². The number of amides is 2. The maximum absolute atomic E-state index is 12.1. The van der Waals surface area contributed by atoms with E-state index in [9.17, 15) is 14.4 Å². The monoisotopic (exact) mass is 388 g/mol. The molecule has 2 N–H and O–H groups in total. The molecule has 6 heteroatoms. The zero-order chi connectivity index (χ0) is 20.7. The van der Waals surface area contributed by atoms with Crippen molar-refractivity contribution in [3.05, 3.63) is 24.3 Å². The van der Waals surface area contributed by atoms with Gasteiger partial charge in [0.1, 0.15) is 6.10 Å². The van der Waals surface area contributed by atoms with Gasteiger partial charge in [-0.1, -0.05) is 20.8 Å².